The van der Waals surface area contributed by atoms with Gasteiger partial charge in [-0.1, -0.05) is 0 Å². The number of benzene rings is 1. The molecule has 0 N–H and O–H groups in total. The molecule has 1 unspecified atom stereocenters. The molecule has 4 rings (SSSR count). The third-order valence-electron chi connectivity index (χ3n) is 5.99. The van der Waals surface area contributed by atoms with Crippen LogP contribution < -0.4 is 9.47 Å². The van der Waals surface area contributed by atoms with Crippen molar-refractivity contribution in [3.63, 3.8) is 0 Å². The lowest BCUT2D eigenvalue weighted by Gasteiger charge is -2.34. The lowest BCUT2D eigenvalue weighted by molar-refractivity contribution is -0.274. The summed E-state index contributed by atoms with van der Waals surface area (Å²) in [4.78, 5) is 6.43. The highest BCUT2D eigenvalue weighted by Crippen LogP contribution is 2.43. The Morgan fingerprint density at radius 3 is 2.29 bits per heavy atom. The predicted octanol–water partition coefficient (Wildman–Crippen LogP) is 4.53. The van der Waals surface area contributed by atoms with Crippen LogP contribution in [0.1, 0.15) is 38.6 Å². The molecule has 0 amide bonds. The molecule has 0 radical (unpaired) electrons. The molecule has 2 aromatic rings. The summed E-state index contributed by atoms with van der Waals surface area (Å²) in [6, 6.07) is 5.49. The van der Waals surface area contributed by atoms with Gasteiger partial charge in [-0.05, 0) is 68.7 Å². The lowest BCUT2D eigenvalue weighted by atomic mass is 9.83. The van der Waals surface area contributed by atoms with Crippen LogP contribution >= 0.6 is 0 Å². The molecule has 1 aromatic carbocycles. The minimum atomic E-state index is -4.74. The second kappa shape index (κ2) is 8.29. The molecule has 2 fully saturated rings. The van der Waals surface area contributed by atoms with Crippen LogP contribution in [0.25, 0.3) is 0 Å². The summed E-state index contributed by atoms with van der Waals surface area (Å²) in [5, 5.41) is 13.8. The van der Waals surface area contributed by atoms with Crippen molar-refractivity contribution in [3.05, 3.63) is 30.1 Å². The molecule has 1 aliphatic heterocycles. The Morgan fingerprint density at radius 1 is 1.13 bits per heavy atom. The molecular weight excluding hydrogens is 411 g/mol. The van der Waals surface area contributed by atoms with E-state index in [2.05, 4.69) is 21.0 Å². The van der Waals surface area contributed by atoms with Crippen molar-refractivity contribution in [1.29, 1.82) is 5.26 Å². The van der Waals surface area contributed by atoms with E-state index in [0.29, 0.717) is 35.3 Å². The van der Waals surface area contributed by atoms with Gasteiger partial charge in [0.15, 0.2) is 12.0 Å². The fourth-order valence-electron chi connectivity index (χ4n) is 4.62. The highest BCUT2D eigenvalue weighted by molar-refractivity contribution is 5.33. The number of halogens is 3. The Labute approximate surface area is 178 Å². The van der Waals surface area contributed by atoms with E-state index in [1.165, 1.54) is 24.3 Å². The van der Waals surface area contributed by atoms with E-state index in [1.807, 2.05) is 18.7 Å². The van der Waals surface area contributed by atoms with Crippen LogP contribution in [-0.2, 0) is 6.42 Å². The van der Waals surface area contributed by atoms with Crippen LogP contribution in [0.4, 0.5) is 13.2 Å². The molecule has 2 heterocycles. The number of alkyl halides is 3. The number of rotatable bonds is 6. The second-order valence-electron chi connectivity index (χ2n) is 8.44. The number of piperidine rings is 1. The van der Waals surface area contributed by atoms with Crippen LogP contribution in [0, 0.1) is 29.2 Å². The Morgan fingerprint density at radius 2 is 1.74 bits per heavy atom. The summed E-state index contributed by atoms with van der Waals surface area (Å²) in [5.41, 5.74) is 0. The SMILES string of the molecule is CC(C)n1nc(CC2[C@@H]3CC[C@H]2CN(C#N)C3)nc1Oc1ccc(OC(F)(F)F)cc1. The van der Waals surface area contributed by atoms with Gasteiger partial charge in [-0.15, -0.1) is 13.2 Å². The van der Waals surface area contributed by atoms with E-state index in [4.69, 9.17) is 4.74 Å². The quantitative estimate of drug-likeness (QED) is 0.621. The maximum absolute atomic E-state index is 12.3. The molecule has 2 aliphatic rings. The number of aromatic nitrogens is 3. The van der Waals surface area contributed by atoms with Gasteiger partial charge in [-0.25, -0.2) is 4.68 Å². The van der Waals surface area contributed by atoms with Gasteiger partial charge in [-0.3, -0.25) is 0 Å². The Bertz CT molecular complexity index is 937. The molecule has 31 heavy (non-hydrogen) atoms. The Hall–Kier alpha value is -2.96. The van der Waals surface area contributed by atoms with Crippen LogP contribution in [0.2, 0.25) is 0 Å². The van der Waals surface area contributed by atoms with Crippen molar-refractivity contribution >= 4 is 0 Å². The van der Waals surface area contributed by atoms with Gasteiger partial charge in [0.25, 0.3) is 0 Å². The number of hydrogen-bond acceptors (Lipinski definition) is 6. The van der Waals surface area contributed by atoms with E-state index in [9.17, 15) is 18.4 Å². The fraction of sp³-hybridized carbons (Fsp3) is 0.571. The standard InChI is InChI=1S/C21H24F3N5O2/c1-13(2)29-20(30-16-5-7-17(8-6-16)31-21(22,23)24)26-19(27-29)9-18-14-3-4-15(18)11-28(10-14)12-25/h5-8,13-15,18H,3-4,9-11H2,1-2H3/t14-,15+,18?. The maximum atomic E-state index is 12.3. The molecule has 3 atom stereocenters. The van der Waals surface area contributed by atoms with Crippen molar-refractivity contribution in [2.24, 2.45) is 17.8 Å². The molecule has 1 saturated carbocycles. The first kappa shape index (κ1) is 21.3. The molecule has 7 nitrogen and oxygen atoms in total. The molecule has 1 saturated heterocycles. The van der Waals surface area contributed by atoms with Crippen molar-refractivity contribution in [2.45, 2.75) is 45.5 Å². The zero-order chi connectivity index (χ0) is 22.2. The number of nitriles is 1. The van der Waals surface area contributed by atoms with Crippen LogP contribution in [0.15, 0.2) is 24.3 Å². The molecular formula is C21H24F3N5O2. The van der Waals surface area contributed by atoms with E-state index in [1.54, 1.807) is 4.68 Å². The predicted molar refractivity (Wildman–Crippen MR) is 104 cm³/mol. The summed E-state index contributed by atoms with van der Waals surface area (Å²) < 4.78 is 48.4. The first-order chi connectivity index (χ1) is 14.7. The molecule has 10 heteroatoms. The first-order valence-electron chi connectivity index (χ1n) is 10.4. The van der Waals surface area contributed by atoms with E-state index >= 15 is 0 Å². The average molecular weight is 435 g/mol. The highest BCUT2D eigenvalue weighted by atomic mass is 19.4. The van der Waals surface area contributed by atoms with Crippen molar-refractivity contribution in [3.8, 4) is 23.7 Å². The van der Waals surface area contributed by atoms with Crippen LogP contribution in [0.5, 0.6) is 17.5 Å². The van der Waals surface area contributed by atoms with Gasteiger partial charge >= 0.3 is 12.4 Å². The lowest BCUT2D eigenvalue weighted by Crippen LogP contribution is -2.40. The number of likely N-dealkylation sites (tertiary alicyclic amines) is 1. The van der Waals surface area contributed by atoms with Crippen molar-refractivity contribution in [2.75, 3.05) is 13.1 Å². The first-order valence-corrected chi connectivity index (χ1v) is 10.4. The third-order valence-corrected chi connectivity index (χ3v) is 5.99. The molecule has 1 aromatic heterocycles. The van der Waals surface area contributed by atoms with E-state index in [0.717, 1.165) is 32.4 Å². The van der Waals surface area contributed by atoms with Gasteiger partial charge in [0, 0.05) is 19.5 Å². The Kier molecular flexibility index (Phi) is 5.69. The van der Waals surface area contributed by atoms with E-state index < -0.39 is 6.36 Å². The average Bonchev–Trinajstić information content (AvgIpc) is 3.19. The third kappa shape index (κ3) is 4.86. The largest absolute Gasteiger partial charge is 0.573 e. The van der Waals surface area contributed by atoms with Crippen molar-refractivity contribution < 1.29 is 22.6 Å². The number of nitrogens with zero attached hydrogens (tertiary/aromatic N) is 5. The zero-order valence-electron chi connectivity index (χ0n) is 17.3. The highest BCUT2D eigenvalue weighted by Gasteiger charge is 2.42. The smallest absolute Gasteiger partial charge is 0.424 e. The van der Waals surface area contributed by atoms with E-state index in [-0.39, 0.29) is 11.8 Å². The van der Waals surface area contributed by atoms with Gasteiger partial charge < -0.3 is 14.4 Å². The minimum Gasteiger partial charge on any atom is -0.424 e. The van der Waals surface area contributed by atoms with Crippen LogP contribution in [0.3, 0.4) is 0 Å². The van der Waals surface area contributed by atoms with Gasteiger partial charge in [0.2, 0.25) is 0 Å². The van der Waals surface area contributed by atoms with Crippen molar-refractivity contribution in [1.82, 2.24) is 19.7 Å². The molecule has 1 aliphatic carbocycles. The summed E-state index contributed by atoms with van der Waals surface area (Å²) >= 11 is 0. The molecule has 166 valence electrons. The minimum absolute atomic E-state index is 0.00115. The van der Waals surface area contributed by atoms with Crippen LogP contribution in [-0.4, -0.2) is 39.1 Å². The Balaban J connectivity index is 1.48. The summed E-state index contributed by atoms with van der Waals surface area (Å²) in [7, 11) is 0. The zero-order valence-corrected chi connectivity index (χ0v) is 17.3. The molecule has 0 spiro atoms. The van der Waals surface area contributed by atoms with Gasteiger partial charge in [0.1, 0.15) is 11.5 Å². The normalized spacial score (nSPS) is 23.1. The number of ether oxygens (including phenoxy) is 2. The molecule has 2 bridgehead atoms. The topological polar surface area (TPSA) is 76.2 Å². The maximum Gasteiger partial charge on any atom is 0.573 e. The second-order valence-corrected chi connectivity index (χ2v) is 8.44. The fourth-order valence-corrected chi connectivity index (χ4v) is 4.62. The summed E-state index contributed by atoms with van der Waals surface area (Å²) in [6.45, 7) is 5.50. The number of hydrogen-bond donors (Lipinski definition) is 0. The van der Waals surface area contributed by atoms with Gasteiger partial charge in [0.05, 0.1) is 6.04 Å². The van der Waals surface area contributed by atoms with Gasteiger partial charge in [-0.2, -0.15) is 15.3 Å². The summed E-state index contributed by atoms with van der Waals surface area (Å²) in [5.74, 6) is 2.10. The summed E-state index contributed by atoms with van der Waals surface area (Å²) in [6.07, 6.45) is 0.493. The number of fused-ring (bicyclic) bond motifs is 2. The monoisotopic (exact) mass is 435 g/mol.